The first kappa shape index (κ1) is 20.3. The summed E-state index contributed by atoms with van der Waals surface area (Å²) in [7, 11) is 0. The predicted octanol–water partition coefficient (Wildman–Crippen LogP) is 5.63. The van der Waals surface area contributed by atoms with Gasteiger partial charge in [0.15, 0.2) is 0 Å². The maximum Gasteiger partial charge on any atom is 0.416 e. The van der Waals surface area contributed by atoms with Crippen LogP contribution < -0.4 is 4.74 Å². The number of benzene rings is 2. The quantitative estimate of drug-likeness (QED) is 0.397. The Bertz CT molecular complexity index is 1020. The normalized spacial score (nSPS) is 11.6. The minimum Gasteiger partial charge on any atom is -0.437 e. The fraction of sp³-hybridized carbons (Fsp3) is 0.190. The minimum atomic E-state index is -4.44. The Kier molecular flexibility index (Phi) is 6.11. The molecule has 0 aliphatic carbocycles. The first-order chi connectivity index (χ1) is 13.9. The van der Waals surface area contributed by atoms with Crippen molar-refractivity contribution < 1.29 is 22.7 Å². The zero-order chi connectivity index (χ0) is 20.9. The van der Waals surface area contributed by atoms with Gasteiger partial charge >= 0.3 is 6.18 Å². The van der Waals surface area contributed by atoms with Gasteiger partial charge in [-0.3, -0.25) is 0 Å². The summed E-state index contributed by atoms with van der Waals surface area (Å²) in [6, 6.07) is 13.6. The van der Waals surface area contributed by atoms with Gasteiger partial charge < -0.3 is 9.57 Å². The van der Waals surface area contributed by atoms with E-state index >= 15 is 0 Å². The zero-order valence-corrected chi connectivity index (χ0v) is 15.8. The predicted molar refractivity (Wildman–Crippen MR) is 103 cm³/mol. The third kappa shape index (κ3) is 5.31. The molecular weight excluding hydrogens is 383 g/mol. The summed E-state index contributed by atoms with van der Waals surface area (Å²) >= 11 is 0. The molecule has 0 aliphatic rings. The van der Waals surface area contributed by atoms with Crippen LogP contribution in [0, 0.1) is 6.92 Å². The van der Waals surface area contributed by atoms with Crippen LogP contribution in [0.1, 0.15) is 23.7 Å². The fourth-order valence-corrected chi connectivity index (χ4v) is 2.57. The summed E-state index contributed by atoms with van der Waals surface area (Å²) in [5, 5.41) is 11.8. The largest absolute Gasteiger partial charge is 0.437 e. The topological polar surface area (TPSA) is 56.6 Å². The summed E-state index contributed by atoms with van der Waals surface area (Å²) < 4.78 is 45.1. The van der Waals surface area contributed by atoms with Gasteiger partial charge in [0.05, 0.1) is 17.5 Å². The molecule has 0 amide bonds. The van der Waals surface area contributed by atoms with Crippen molar-refractivity contribution in [2.45, 2.75) is 20.0 Å². The van der Waals surface area contributed by atoms with Crippen molar-refractivity contribution in [3.8, 4) is 22.8 Å². The van der Waals surface area contributed by atoms with Crippen LogP contribution in [0.5, 0.6) is 11.6 Å². The van der Waals surface area contributed by atoms with E-state index in [-0.39, 0.29) is 5.88 Å². The maximum absolute atomic E-state index is 13.1. The highest BCUT2D eigenvalue weighted by Gasteiger charge is 2.30. The van der Waals surface area contributed by atoms with Gasteiger partial charge in [0.2, 0.25) is 5.88 Å². The molecule has 0 aliphatic heterocycles. The van der Waals surface area contributed by atoms with Crippen molar-refractivity contribution in [3.63, 3.8) is 0 Å². The highest BCUT2D eigenvalue weighted by atomic mass is 19.4. The smallest absolute Gasteiger partial charge is 0.416 e. The Labute approximate surface area is 165 Å². The molecule has 5 nitrogen and oxygen atoms in total. The van der Waals surface area contributed by atoms with Gasteiger partial charge in [-0.05, 0) is 55.3 Å². The molecular formula is C21H18F3N3O2. The molecule has 150 valence electrons. The monoisotopic (exact) mass is 401 g/mol. The van der Waals surface area contributed by atoms with Crippen molar-refractivity contribution in [2.75, 3.05) is 6.61 Å². The number of ether oxygens (including phenoxy) is 1. The number of alkyl halides is 3. The summed E-state index contributed by atoms with van der Waals surface area (Å²) in [6.45, 7) is 3.98. The lowest BCUT2D eigenvalue weighted by molar-refractivity contribution is -0.137. The lowest BCUT2D eigenvalue weighted by Gasteiger charge is -2.13. The average molecular weight is 401 g/mol. The molecule has 0 atom stereocenters. The Morgan fingerprint density at radius 1 is 1.03 bits per heavy atom. The van der Waals surface area contributed by atoms with Crippen LogP contribution in [-0.4, -0.2) is 23.0 Å². The van der Waals surface area contributed by atoms with E-state index in [0.717, 1.165) is 17.7 Å². The van der Waals surface area contributed by atoms with Crippen molar-refractivity contribution in [3.05, 3.63) is 71.4 Å². The highest BCUT2D eigenvalue weighted by molar-refractivity contribution is 5.79. The average Bonchev–Trinajstić information content (AvgIpc) is 2.69. The SMILES string of the molecule is CCO/N=C/c1cccc(Oc2nnc(C)cc2-c2cccc(C(F)(F)F)c2)c1. The third-order valence-corrected chi connectivity index (χ3v) is 3.86. The molecule has 8 heteroatoms. The lowest BCUT2D eigenvalue weighted by Crippen LogP contribution is -2.05. The second-order valence-electron chi connectivity index (χ2n) is 6.11. The van der Waals surface area contributed by atoms with Crippen molar-refractivity contribution >= 4 is 6.21 Å². The molecule has 1 heterocycles. The number of oxime groups is 1. The molecule has 29 heavy (non-hydrogen) atoms. The van der Waals surface area contributed by atoms with Crippen LogP contribution in [0.2, 0.25) is 0 Å². The van der Waals surface area contributed by atoms with Crippen LogP contribution in [0.4, 0.5) is 13.2 Å². The van der Waals surface area contributed by atoms with Gasteiger partial charge in [-0.2, -0.15) is 18.3 Å². The van der Waals surface area contributed by atoms with Gasteiger partial charge in [0.1, 0.15) is 12.4 Å². The van der Waals surface area contributed by atoms with E-state index in [2.05, 4.69) is 15.4 Å². The minimum absolute atomic E-state index is 0.105. The van der Waals surface area contributed by atoms with E-state index in [1.807, 2.05) is 13.0 Å². The lowest BCUT2D eigenvalue weighted by atomic mass is 10.0. The number of aromatic nitrogens is 2. The van der Waals surface area contributed by atoms with Crippen LogP contribution in [0.25, 0.3) is 11.1 Å². The van der Waals surface area contributed by atoms with Crippen LogP contribution >= 0.6 is 0 Å². The first-order valence-corrected chi connectivity index (χ1v) is 8.82. The van der Waals surface area contributed by atoms with E-state index < -0.39 is 11.7 Å². The van der Waals surface area contributed by atoms with Gasteiger partial charge in [-0.25, -0.2) is 0 Å². The van der Waals surface area contributed by atoms with Gasteiger partial charge in [0, 0.05) is 5.56 Å². The third-order valence-electron chi connectivity index (χ3n) is 3.86. The van der Waals surface area contributed by atoms with E-state index in [4.69, 9.17) is 9.57 Å². The first-order valence-electron chi connectivity index (χ1n) is 8.82. The molecule has 1 aromatic heterocycles. The van der Waals surface area contributed by atoms with Crippen LogP contribution in [-0.2, 0) is 11.0 Å². The molecule has 0 saturated heterocycles. The number of aryl methyl sites for hydroxylation is 1. The second kappa shape index (κ2) is 8.72. The van der Waals surface area contributed by atoms with E-state index in [1.54, 1.807) is 37.3 Å². The van der Waals surface area contributed by atoms with E-state index in [1.165, 1.54) is 12.3 Å². The van der Waals surface area contributed by atoms with Crippen molar-refractivity contribution in [2.24, 2.45) is 5.16 Å². The molecule has 0 spiro atoms. The number of hydrogen-bond acceptors (Lipinski definition) is 5. The molecule has 0 unspecified atom stereocenters. The molecule has 0 fully saturated rings. The fourth-order valence-electron chi connectivity index (χ4n) is 2.57. The Morgan fingerprint density at radius 3 is 2.59 bits per heavy atom. The van der Waals surface area contributed by atoms with Gasteiger partial charge in [0.25, 0.3) is 0 Å². The molecule has 0 saturated carbocycles. The Hall–Kier alpha value is -3.42. The standard InChI is InChI=1S/C21H18F3N3O2/c1-3-28-25-13-15-6-4-9-18(11-15)29-20-19(10-14(2)26-27-20)16-7-5-8-17(12-16)21(22,23)24/h4-13H,3H2,1-2H3/b25-13+. The molecule has 0 radical (unpaired) electrons. The van der Waals surface area contributed by atoms with Crippen LogP contribution in [0.15, 0.2) is 59.8 Å². The molecule has 3 rings (SSSR count). The number of halogens is 3. The zero-order valence-electron chi connectivity index (χ0n) is 15.8. The number of nitrogens with zero attached hydrogens (tertiary/aromatic N) is 3. The van der Waals surface area contributed by atoms with Crippen molar-refractivity contribution in [1.29, 1.82) is 0 Å². The second-order valence-corrected chi connectivity index (χ2v) is 6.11. The summed E-state index contributed by atoms with van der Waals surface area (Å²) in [6.07, 6.45) is -2.91. The van der Waals surface area contributed by atoms with E-state index in [9.17, 15) is 13.2 Å². The van der Waals surface area contributed by atoms with Gasteiger partial charge in [-0.15, -0.1) is 5.10 Å². The Balaban J connectivity index is 1.96. The van der Waals surface area contributed by atoms with Gasteiger partial charge in [-0.1, -0.05) is 29.4 Å². The maximum atomic E-state index is 13.1. The van der Waals surface area contributed by atoms with Crippen molar-refractivity contribution in [1.82, 2.24) is 10.2 Å². The molecule has 0 N–H and O–H groups in total. The number of rotatable bonds is 6. The molecule has 3 aromatic rings. The Morgan fingerprint density at radius 2 is 1.83 bits per heavy atom. The van der Waals surface area contributed by atoms with E-state index in [0.29, 0.717) is 29.2 Å². The molecule has 2 aromatic carbocycles. The highest BCUT2D eigenvalue weighted by Crippen LogP contribution is 2.36. The number of hydrogen-bond donors (Lipinski definition) is 0. The molecule has 0 bridgehead atoms. The summed E-state index contributed by atoms with van der Waals surface area (Å²) in [5.74, 6) is 0.547. The summed E-state index contributed by atoms with van der Waals surface area (Å²) in [5.41, 5.74) is 1.29. The summed E-state index contributed by atoms with van der Waals surface area (Å²) in [4.78, 5) is 4.94. The van der Waals surface area contributed by atoms with Crippen LogP contribution in [0.3, 0.4) is 0 Å².